The highest BCUT2D eigenvalue weighted by Crippen LogP contribution is 2.09. The van der Waals surface area contributed by atoms with Crippen LogP contribution in [0.15, 0.2) is 18.2 Å². The third-order valence-corrected chi connectivity index (χ3v) is 2.40. The Hall–Kier alpha value is -2.02. The lowest BCUT2D eigenvalue weighted by molar-refractivity contribution is -0.139. The van der Waals surface area contributed by atoms with Gasteiger partial charge in [-0.3, -0.25) is 9.59 Å². The molecule has 0 saturated heterocycles. The summed E-state index contributed by atoms with van der Waals surface area (Å²) < 4.78 is 31.0. The van der Waals surface area contributed by atoms with Crippen LogP contribution in [0.4, 0.5) is 8.78 Å². The summed E-state index contributed by atoms with van der Waals surface area (Å²) in [7, 11) is 1.29. The van der Waals surface area contributed by atoms with Crippen LogP contribution in [0.5, 0.6) is 0 Å². The van der Waals surface area contributed by atoms with Crippen LogP contribution in [0.2, 0.25) is 0 Å². The van der Waals surface area contributed by atoms with Gasteiger partial charge in [-0.05, 0) is 18.2 Å². The topological polar surface area (TPSA) is 75.6 Å². The smallest absolute Gasteiger partial charge is 0.306 e. The molecule has 0 spiro atoms. The summed E-state index contributed by atoms with van der Waals surface area (Å²) in [6, 6.07) is 2.51. The molecule has 0 bridgehead atoms. The highest BCUT2D eigenvalue weighted by Gasteiger charge is 2.16. The van der Waals surface area contributed by atoms with Gasteiger partial charge in [0.1, 0.15) is 11.6 Å². The SMILES string of the molecule is COC(CNC(=O)c1cc(F)ccc1F)CC(=O)O. The zero-order valence-corrected chi connectivity index (χ0v) is 10.2. The van der Waals surface area contributed by atoms with E-state index < -0.39 is 35.2 Å². The molecule has 0 radical (unpaired) electrons. The normalized spacial score (nSPS) is 11.9. The number of carbonyl (C=O) groups is 2. The number of halogens is 2. The number of amides is 1. The van der Waals surface area contributed by atoms with Crippen molar-refractivity contribution < 1.29 is 28.2 Å². The third kappa shape index (κ3) is 4.63. The number of benzene rings is 1. The van der Waals surface area contributed by atoms with Gasteiger partial charge in [0.25, 0.3) is 5.91 Å². The van der Waals surface area contributed by atoms with Crippen LogP contribution in [0.3, 0.4) is 0 Å². The molecule has 7 heteroatoms. The Morgan fingerprint density at radius 2 is 2.11 bits per heavy atom. The highest BCUT2D eigenvalue weighted by molar-refractivity contribution is 5.94. The molecule has 0 fully saturated rings. The maximum Gasteiger partial charge on any atom is 0.306 e. The predicted molar refractivity (Wildman–Crippen MR) is 61.7 cm³/mol. The molecule has 0 aliphatic heterocycles. The molecule has 1 aromatic carbocycles. The highest BCUT2D eigenvalue weighted by atomic mass is 19.1. The Morgan fingerprint density at radius 1 is 1.42 bits per heavy atom. The lowest BCUT2D eigenvalue weighted by atomic mass is 10.2. The maximum atomic E-state index is 13.3. The van der Waals surface area contributed by atoms with Gasteiger partial charge < -0.3 is 15.2 Å². The van der Waals surface area contributed by atoms with Crippen LogP contribution in [0.1, 0.15) is 16.8 Å². The Bertz CT molecular complexity index is 479. The zero-order valence-electron chi connectivity index (χ0n) is 10.2. The molecule has 0 aliphatic carbocycles. The first-order valence-electron chi connectivity index (χ1n) is 5.42. The lowest BCUT2D eigenvalue weighted by Crippen LogP contribution is -2.34. The molecule has 5 nitrogen and oxygen atoms in total. The Kier molecular flexibility index (Phi) is 5.37. The zero-order chi connectivity index (χ0) is 14.4. The minimum Gasteiger partial charge on any atom is -0.481 e. The van der Waals surface area contributed by atoms with Crippen molar-refractivity contribution in [2.75, 3.05) is 13.7 Å². The molecule has 19 heavy (non-hydrogen) atoms. The van der Waals surface area contributed by atoms with Crippen LogP contribution >= 0.6 is 0 Å². The first-order valence-corrected chi connectivity index (χ1v) is 5.42. The van der Waals surface area contributed by atoms with E-state index in [-0.39, 0.29) is 13.0 Å². The van der Waals surface area contributed by atoms with E-state index in [1.165, 1.54) is 7.11 Å². The number of hydrogen-bond acceptors (Lipinski definition) is 3. The van der Waals surface area contributed by atoms with E-state index in [1.54, 1.807) is 0 Å². The van der Waals surface area contributed by atoms with Crippen LogP contribution in [0.25, 0.3) is 0 Å². The molecule has 1 rings (SSSR count). The van der Waals surface area contributed by atoms with Crippen molar-refractivity contribution in [3.05, 3.63) is 35.4 Å². The minimum absolute atomic E-state index is 0.114. The van der Waals surface area contributed by atoms with Crippen molar-refractivity contribution in [1.82, 2.24) is 5.32 Å². The number of hydrogen-bond donors (Lipinski definition) is 2. The summed E-state index contributed by atoms with van der Waals surface area (Å²) in [4.78, 5) is 22.1. The second-order valence-electron chi connectivity index (χ2n) is 3.79. The summed E-state index contributed by atoms with van der Waals surface area (Å²) in [5.74, 6) is -3.51. The molecule has 1 unspecified atom stereocenters. The number of ether oxygens (including phenoxy) is 1. The average Bonchev–Trinajstić information content (AvgIpc) is 2.36. The number of nitrogens with one attached hydrogen (secondary N) is 1. The van der Waals surface area contributed by atoms with Gasteiger partial charge in [0.05, 0.1) is 18.1 Å². The Morgan fingerprint density at radius 3 is 2.68 bits per heavy atom. The lowest BCUT2D eigenvalue weighted by Gasteiger charge is -2.14. The van der Waals surface area contributed by atoms with Gasteiger partial charge in [0.2, 0.25) is 0 Å². The van der Waals surface area contributed by atoms with Crippen LogP contribution in [-0.4, -0.2) is 36.7 Å². The first kappa shape index (κ1) is 15.0. The number of rotatable bonds is 6. The van der Waals surface area contributed by atoms with Crippen molar-refractivity contribution >= 4 is 11.9 Å². The maximum absolute atomic E-state index is 13.3. The van der Waals surface area contributed by atoms with Crippen molar-refractivity contribution in [2.24, 2.45) is 0 Å². The van der Waals surface area contributed by atoms with Gasteiger partial charge in [-0.2, -0.15) is 0 Å². The molecule has 0 aliphatic rings. The number of carboxylic acids is 1. The average molecular weight is 273 g/mol. The van der Waals surface area contributed by atoms with Gasteiger partial charge in [0.15, 0.2) is 0 Å². The van der Waals surface area contributed by atoms with Crippen molar-refractivity contribution in [3.63, 3.8) is 0 Å². The van der Waals surface area contributed by atoms with Crippen molar-refractivity contribution in [2.45, 2.75) is 12.5 Å². The number of methoxy groups -OCH3 is 1. The predicted octanol–water partition coefficient (Wildman–Crippen LogP) is 1.18. The van der Waals surface area contributed by atoms with Gasteiger partial charge in [-0.15, -0.1) is 0 Å². The van der Waals surface area contributed by atoms with Crippen LogP contribution in [-0.2, 0) is 9.53 Å². The molecule has 0 heterocycles. The van der Waals surface area contributed by atoms with E-state index in [0.29, 0.717) is 0 Å². The van der Waals surface area contributed by atoms with Crippen LogP contribution < -0.4 is 5.32 Å². The summed E-state index contributed by atoms with van der Waals surface area (Å²) in [6.45, 7) is -0.114. The molecule has 1 aromatic rings. The molecular weight excluding hydrogens is 260 g/mol. The van der Waals surface area contributed by atoms with E-state index >= 15 is 0 Å². The molecule has 0 saturated carbocycles. The third-order valence-electron chi connectivity index (χ3n) is 2.40. The van der Waals surface area contributed by atoms with E-state index in [0.717, 1.165) is 18.2 Å². The second kappa shape index (κ2) is 6.79. The minimum atomic E-state index is -1.09. The van der Waals surface area contributed by atoms with Crippen molar-refractivity contribution in [3.8, 4) is 0 Å². The van der Waals surface area contributed by atoms with Crippen molar-refractivity contribution in [1.29, 1.82) is 0 Å². The standard InChI is InChI=1S/C12H13F2NO4/c1-19-8(5-11(16)17)6-15-12(18)9-4-7(13)2-3-10(9)14/h2-4,8H,5-6H2,1H3,(H,15,18)(H,16,17). The van der Waals surface area contributed by atoms with E-state index in [9.17, 15) is 18.4 Å². The fraction of sp³-hybridized carbons (Fsp3) is 0.333. The Balaban J connectivity index is 2.64. The summed E-state index contributed by atoms with van der Waals surface area (Å²) in [5.41, 5.74) is -0.440. The summed E-state index contributed by atoms with van der Waals surface area (Å²) in [6.07, 6.45) is -1.04. The fourth-order valence-electron chi connectivity index (χ4n) is 1.41. The van der Waals surface area contributed by atoms with Gasteiger partial charge in [-0.25, -0.2) is 8.78 Å². The molecule has 1 atom stereocenters. The summed E-state index contributed by atoms with van der Waals surface area (Å²) >= 11 is 0. The van der Waals surface area contributed by atoms with Gasteiger partial charge >= 0.3 is 5.97 Å². The number of carbonyl (C=O) groups excluding carboxylic acids is 1. The van der Waals surface area contributed by atoms with Crippen LogP contribution in [0, 0.1) is 11.6 Å². The number of carboxylic acid groups (broad SMARTS) is 1. The Labute approximate surface area is 108 Å². The molecule has 104 valence electrons. The molecule has 2 N–H and O–H groups in total. The number of aliphatic carboxylic acids is 1. The summed E-state index contributed by atoms with van der Waals surface area (Å²) in [5, 5.41) is 10.9. The van der Waals surface area contributed by atoms with Gasteiger partial charge in [-0.1, -0.05) is 0 Å². The van der Waals surface area contributed by atoms with E-state index in [2.05, 4.69) is 5.32 Å². The molecule has 0 aromatic heterocycles. The molecular formula is C12H13F2NO4. The monoisotopic (exact) mass is 273 g/mol. The fourth-order valence-corrected chi connectivity index (χ4v) is 1.41. The first-order chi connectivity index (χ1) is 8.93. The van der Waals surface area contributed by atoms with E-state index in [1.807, 2.05) is 0 Å². The van der Waals surface area contributed by atoms with Gasteiger partial charge in [0, 0.05) is 13.7 Å². The second-order valence-corrected chi connectivity index (χ2v) is 3.79. The molecule has 1 amide bonds. The quantitative estimate of drug-likeness (QED) is 0.816. The van der Waals surface area contributed by atoms with E-state index in [4.69, 9.17) is 9.84 Å². The largest absolute Gasteiger partial charge is 0.481 e.